The van der Waals surface area contributed by atoms with Gasteiger partial charge >= 0.3 is 16.8 Å². The van der Waals surface area contributed by atoms with Gasteiger partial charge in [-0.05, 0) is 48.5 Å². The van der Waals surface area contributed by atoms with Gasteiger partial charge in [-0.2, -0.15) is 0 Å². The number of carbonyl (C=O) groups excluding carboxylic acids is 2. The summed E-state index contributed by atoms with van der Waals surface area (Å²) in [5.74, 6) is -1.44. The van der Waals surface area contributed by atoms with Crippen LogP contribution in [0.4, 0.5) is 11.4 Å². The van der Waals surface area contributed by atoms with Crippen molar-refractivity contribution in [3.05, 3.63) is 59.7 Å². The number of benzene rings is 3. The molecule has 0 unspecified atom stereocenters. The summed E-state index contributed by atoms with van der Waals surface area (Å²) in [7, 11) is -6.57. The molecule has 0 bridgehead atoms. The van der Waals surface area contributed by atoms with Gasteiger partial charge in [0.1, 0.15) is 11.5 Å². The van der Waals surface area contributed by atoms with Crippen molar-refractivity contribution < 1.29 is 46.8 Å². The Morgan fingerprint density at radius 2 is 0.796 bits per heavy atom. The van der Waals surface area contributed by atoms with Crippen LogP contribution in [0.25, 0.3) is 0 Å². The van der Waals surface area contributed by atoms with E-state index in [4.69, 9.17) is 29.8 Å². The number of phenols is 2. The van der Waals surface area contributed by atoms with Gasteiger partial charge < -0.3 is 30.0 Å². The Kier molecular flexibility index (Phi) is 17.1. The number of carboxylic acid groups (broad SMARTS) is 2. The molecule has 3 aromatic carbocycles. The van der Waals surface area contributed by atoms with Crippen molar-refractivity contribution in [3.8, 4) is 11.5 Å². The first-order chi connectivity index (χ1) is 21.6. The van der Waals surface area contributed by atoms with Crippen molar-refractivity contribution in [3.63, 3.8) is 0 Å². The fourth-order valence-corrected chi connectivity index (χ4v) is 9.94. The topological polar surface area (TPSA) is 145 Å². The van der Waals surface area contributed by atoms with Crippen LogP contribution in [0.2, 0.25) is 78.6 Å². The Hall–Kier alpha value is -3.09. The molecule has 0 aliphatic heterocycles. The third kappa shape index (κ3) is 15.6. The maximum absolute atomic E-state index is 11.1. The molecule has 0 heterocycles. The summed E-state index contributed by atoms with van der Waals surface area (Å²) in [5.41, 5.74) is 3.18. The fraction of sp³-hybridized carbons (Fsp3) is 0.389. The zero-order chi connectivity index (χ0) is 37.4. The molecule has 0 aromatic heterocycles. The molecule has 0 amide bonds. The molecule has 0 fully saturated rings. The number of hydrogen-bond donors (Lipinski definition) is 2. The van der Waals surface area contributed by atoms with E-state index in [1.54, 1.807) is 12.4 Å². The molecular weight excluding hydrogens is 728 g/mol. The van der Waals surface area contributed by atoms with Gasteiger partial charge in [-0.1, -0.05) is 113 Å². The van der Waals surface area contributed by atoms with Crippen molar-refractivity contribution in [2.24, 2.45) is 9.98 Å². The second-order valence-corrected chi connectivity index (χ2v) is 36.2. The first kappa shape index (κ1) is 45.9. The number of aliphatic imine (C=N–C) groups is 2. The summed E-state index contributed by atoms with van der Waals surface area (Å²) >= 11 is 0. The Morgan fingerprint density at radius 1 is 0.551 bits per heavy atom. The van der Waals surface area contributed by atoms with Gasteiger partial charge in [-0.3, -0.25) is 9.98 Å². The maximum atomic E-state index is 11.1. The first-order valence-electron chi connectivity index (χ1n) is 15.9. The van der Waals surface area contributed by atoms with Gasteiger partial charge in [-0.15, -0.1) is 0 Å². The molecule has 3 rings (SSSR count). The average Bonchev–Trinajstić information content (AvgIpc) is 2.89. The summed E-state index contributed by atoms with van der Waals surface area (Å²) in [5, 5.41) is 44.8. The van der Waals surface area contributed by atoms with E-state index >= 15 is 0 Å². The van der Waals surface area contributed by atoms with E-state index in [1.807, 2.05) is 24.3 Å². The predicted molar refractivity (Wildman–Crippen MR) is 210 cm³/mol. The van der Waals surface area contributed by atoms with Gasteiger partial charge in [-0.25, -0.2) is 0 Å². The van der Waals surface area contributed by atoms with Crippen molar-refractivity contribution in [1.29, 1.82) is 0 Å². The minimum Gasteiger partial charge on any atom is -0.550 e. The quantitative estimate of drug-likeness (QED) is 0.258. The van der Waals surface area contributed by atoms with Crippen LogP contribution in [0.3, 0.4) is 0 Å². The third-order valence-corrected chi connectivity index (χ3v) is 15.2. The van der Waals surface area contributed by atoms with Crippen molar-refractivity contribution in [2.45, 2.75) is 92.4 Å². The van der Waals surface area contributed by atoms with Gasteiger partial charge in [0, 0.05) is 35.5 Å². The van der Waals surface area contributed by atoms with Gasteiger partial charge in [0.15, 0.2) is 0 Å². The van der Waals surface area contributed by atoms with Crippen LogP contribution in [0.5, 0.6) is 11.5 Å². The fourth-order valence-electron chi connectivity index (χ4n) is 4.43. The van der Waals surface area contributed by atoms with E-state index in [0.717, 1.165) is 46.7 Å². The number of aliphatic carboxylic acids is 2. The zero-order valence-electron chi connectivity index (χ0n) is 31.5. The number of aromatic hydroxyl groups is 2. The predicted octanol–water partition coefficient (Wildman–Crippen LogP) is 4.29. The molecule has 3 aromatic rings. The van der Waals surface area contributed by atoms with Crippen LogP contribution in [0.1, 0.15) is 25.0 Å². The molecule has 269 valence electrons. The first-order valence-corrected chi connectivity index (χ1v) is 29.9. The smallest absolute Gasteiger partial charge is 0.550 e. The van der Waals surface area contributed by atoms with E-state index in [0.29, 0.717) is 11.5 Å². The van der Waals surface area contributed by atoms with E-state index in [1.165, 1.54) is 10.4 Å². The van der Waals surface area contributed by atoms with Crippen molar-refractivity contribution in [2.75, 3.05) is 0 Å². The molecule has 0 spiro atoms. The molecule has 8 nitrogen and oxygen atoms in total. The number of carbonyl (C=O) groups is 2. The van der Waals surface area contributed by atoms with Crippen LogP contribution in [0.15, 0.2) is 58.5 Å². The standard InChI is InChI=1S/C32H48N2O2Si4.2C2H4O2.Co/c1-37(2,3)27-17-23(31(35)29(19-27)39(7,8)9)21-33-25-13-15-26(16-14-25)34-22-24-18-28(38(4,5)6)20-30(32(24)36)40(10,11)12;2*1-2(3)4;/h13-22,35-36H,1-12H3;2*1H3,(H,3,4);/q;;;+2/p-2. The van der Waals surface area contributed by atoms with Crippen LogP contribution in [0, 0.1) is 0 Å². The second kappa shape index (κ2) is 18.2. The summed E-state index contributed by atoms with van der Waals surface area (Å²) in [6, 6.07) is 16.5. The van der Waals surface area contributed by atoms with E-state index in [-0.39, 0.29) is 16.8 Å². The normalized spacial score (nSPS) is 12.0. The minimum atomic E-state index is -1.72. The van der Waals surface area contributed by atoms with E-state index in [9.17, 15) is 10.2 Å². The summed E-state index contributed by atoms with van der Waals surface area (Å²) in [4.78, 5) is 27.2. The average molecular weight is 782 g/mol. The second-order valence-electron chi connectivity index (χ2n) is 15.9. The largest absolute Gasteiger partial charge is 2.00 e. The molecule has 0 saturated heterocycles. The van der Waals surface area contributed by atoms with Crippen LogP contribution < -0.4 is 31.0 Å². The summed E-state index contributed by atoms with van der Waals surface area (Å²) in [6.45, 7) is 29.5. The summed E-state index contributed by atoms with van der Waals surface area (Å²) in [6.07, 6.45) is 3.58. The van der Waals surface area contributed by atoms with Gasteiger partial charge in [0.05, 0.1) is 43.7 Å². The number of phenolic OH excluding ortho intramolecular Hbond substituents is 2. The molecule has 2 N–H and O–H groups in total. The van der Waals surface area contributed by atoms with Crippen molar-refractivity contribution in [1.82, 2.24) is 0 Å². The Morgan fingerprint density at radius 3 is 1.00 bits per heavy atom. The number of rotatable bonds is 8. The molecule has 0 aliphatic rings. The number of hydrogen-bond acceptors (Lipinski definition) is 8. The zero-order valence-corrected chi connectivity index (χ0v) is 36.6. The van der Waals surface area contributed by atoms with Gasteiger partial charge in [0.2, 0.25) is 0 Å². The third-order valence-electron chi connectivity index (χ3n) is 7.18. The van der Waals surface area contributed by atoms with Crippen LogP contribution in [-0.2, 0) is 26.4 Å². The molecule has 49 heavy (non-hydrogen) atoms. The van der Waals surface area contributed by atoms with Crippen LogP contribution >= 0.6 is 0 Å². The monoisotopic (exact) mass is 781 g/mol. The van der Waals surface area contributed by atoms with Crippen molar-refractivity contribution >= 4 is 88.8 Å². The Balaban J connectivity index is 0.00000230. The summed E-state index contributed by atoms with van der Waals surface area (Å²) < 4.78 is 0. The maximum Gasteiger partial charge on any atom is 2.00 e. The van der Waals surface area contributed by atoms with E-state index < -0.39 is 44.2 Å². The Bertz CT molecular complexity index is 1520. The molecule has 13 heteroatoms. The molecule has 0 atom stereocenters. The van der Waals surface area contributed by atoms with Crippen LogP contribution in [-0.4, -0.2) is 66.9 Å². The minimum absolute atomic E-state index is 0. The molecule has 0 saturated carbocycles. The Labute approximate surface area is 307 Å². The number of nitrogens with zero attached hydrogens (tertiary/aromatic N) is 2. The molecule has 0 aliphatic carbocycles. The number of carboxylic acids is 2. The SMILES string of the molecule is CC(=O)[O-].CC(=O)[O-].C[Si](C)(C)c1cc(C=Nc2ccc(N=Cc3cc([Si](C)(C)C)cc([Si](C)(C)C)c3O)cc2)c(O)c([Si](C)(C)C)c1.[Co+2]. The van der Waals surface area contributed by atoms with E-state index in [2.05, 4.69) is 103 Å². The molecular formula is C36H54CoN2O6Si4. The van der Waals surface area contributed by atoms with Gasteiger partial charge in [0.25, 0.3) is 0 Å². The molecule has 1 radical (unpaired) electrons.